The van der Waals surface area contributed by atoms with E-state index < -0.39 is 11.1 Å². The van der Waals surface area contributed by atoms with Crippen molar-refractivity contribution in [1.82, 2.24) is 9.97 Å². The highest BCUT2D eigenvalue weighted by Gasteiger charge is 2.13. The summed E-state index contributed by atoms with van der Waals surface area (Å²) in [6, 6.07) is 7.30. The second-order valence-electron chi connectivity index (χ2n) is 4.26. The summed E-state index contributed by atoms with van der Waals surface area (Å²) in [4.78, 5) is 27.7. The van der Waals surface area contributed by atoms with Gasteiger partial charge in [-0.3, -0.25) is 9.59 Å². The monoisotopic (exact) mass is 370 g/mol. The Bertz CT molecular complexity index is 899. The molecule has 0 aliphatic carbocycles. The van der Waals surface area contributed by atoms with Crippen molar-refractivity contribution < 1.29 is 0 Å². The minimum absolute atomic E-state index is 0.308. The Labute approximate surface area is 130 Å². The zero-order chi connectivity index (χ0) is 14.3. The molecule has 0 fully saturated rings. The number of benzene rings is 1. The molecule has 0 saturated carbocycles. The molecule has 7 heteroatoms. The first kappa shape index (κ1) is 13.6. The summed E-state index contributed by atoms with van der Waals surface area (Å²) >= 11 is 11.4. The average Bonchev–Trinajstić information content (AvgIpc) is 2.85. The maximum atomic E-state index is 11.4. The zero-order valence-corrected chi connectivity index (χ0v) is 13.1. The Kier molecular flexibility index (Phi) is 3.54. The van der Waals surface area contributed by atoms with Gasteiger partial charge in [-0.15, -0.1) is 22.9 Å². The van der Waals surface area contributed by atoms with Crippen LogP contribution in [0.25, 0.3) is 11.0 Å². The van der Waals surface area contributed by atoms with Gasteiger partial charge in [0.25, 0.3) is 0 Å². The fourth-order valence-corrected chi connectivity index (χ4v) is 3.48. The van der Waals surface area contributed by atoms with Crippen molar-refractivity contribution in [3.8, 4) is 0 Å². The number of thiophene rings is 1. The van der Waals surface area contributed by atoms with Gasteiger partial charge in [0, 0.05) is 0 Å². The number of aromatic amines is 2. The lowest BCUT2D eigenvalue weighted by Gasteiger charge is -2.09. The topological polar surface area (TPSA) is 65.7 Å². The SMILES string of the molecule is O=c1[nH]c2ccc(C(Cl)c3csc(Br)c3)cc2[nH]c1=O. The van der Waals surface area contributed by atoms with Crippen LogP contribution in [0.15, 0.2) is 43.0 Å². The molecule has 0 radical (unpaired) electrons. The molecule has 3 aromatic rings. The van der Waals surface area contributed by atoms with Crippen molar-refractivity contribution in [1.29, 1.82) is 0 Å². The number of aromatic nitrogens is 2. The molecule has 4 nitrogen and oxygen atoms in total. The smallest absolute Gasteiger partial charge is 0.314 e. The first-order valence-electron chi connectivity index (χ1n) is 5.69. The fraction of sp³-hybridized carbons (Fsp3) is 0.0769. The molecule has 1 atom stereocenters. The molecule has 2 aromatic heterocycles. The number of fused-ring (bicyclic) bond motifs is 1. The summed E-state index contributed by atoms with van der Waals surface area (Å²) in [6.07, 6.45) is 0. The fourth-order valence-electron chi connectivity index (χ4n) is 1.94. The zero-order valence-electron chi connectivity index (χ0n) is 9.94. The lowest BCUT2D eigenvalue weighted by molar-refractivity contribution is 1.12. The van der Waals surface area contributed by atoms with Gasteiger partial charge < -0.3 is 9.97 Å². The molecule has 0 aliphatic heterocycles. The van der Waals surface area contributed by atoms with Crippen LogP contribution in [-0.2, 0) is 0 Å². The molecular formula is C13H8BrClN2O2S. The minimum Gasteiger partial charge on any atom is -0.316 e. The van der Waals surface area contributed by atoms with Gasteiger partial charge in [-0.1, -0.05) is 6.07 Å². The van der Waals surface area contributed by atoms with Crippen LogP contribution in [0.3, 0.4) is 0 Å². The van der Waals surface area contributed by atoms with Crippen LogP contribution in [0.5, 0.6) is 0 Å². The van der Waals surface area contributed by atoms with Crippen molar-refractivity contribution in [2.24, 2.45) is 0 Å². The first-order chi connectivity index (χ1) is 9.54. The van der Waals surface area contributed by atoms with E-state index in [1.807, 2.05) is 17.5 Å². The maximum absolute atomic E-state index is 11.4. The van der Waals surface area contributed by atoms with Gasteiger partial charge in [0.05, 0.1) is 20.2 Å². The Morgan fingerprint density at radius 2 is 1.75 bits per heavy atom. The summed E-state index contributed by atoms with van der Waals surface area (Å²) in [7, 11) is 0. The van der Waals surface area contributed by atoms with Crippen molar-refractivity contribution in [2.45, 2.75) is 5.38 Å². The summed E-state index contributed by atoms with van der Waals surface area (Å²) in [5.74, 6) is 0. The molecule has 2 heterocycles. The van der Waals surface area contributed by atoms with Gasteiger partial charge in [-0.2, -0.15) is 0 Å². The molecule has 3 rings (SSSR count). The average molecular weight is 372 g/mol. The third-order valence-corrected chi connectivity index (χ3v) is 4.95. The van der Waals surface area contributed by atoms with E-state index in [-0.39, 0.29) is 5.38 Å². The Morgan fingerprint density at radius 1 is 1.05 bits per heavy atom. The van der Waals surface area contributed by atoms with Crippen LogP contribution >= 0.6 is 38.9 Å². The lowest BCUT2D eigenvalue weighted by Crippen LogP contribution is -2.28. The molecule has 0 saturated heterocycles. The van der Waals surface area contributed by atoms with Crippen molar-refractivity contribution in [3.63, 3.8) is 0 Å². The van der Waals surface area contributed by atoms with E-state index in [1.54, 1.807) is 23.5 Å². The lowest BCUT2D eigenvalue weighted by atomic mass is 10.1. The normalized spacial score (nSPS) is 12.7. The van der Waals surface area contributed by atoms with E-state index in [0.717, 1.165) is 14.9 Å². The summed E-state index contributed by atoms with van der Waals surface area (Å²) < 4.78 is 1.01. The predicted molar refractivity (Wildman–Crippen MR) is 84.9 cm³/mol. The number of halogens is 2. The van der Waals surface area contributed by atoms with Gasteiger partial charge in [0.1, 0.15) is 0 Å². The number of hydrogen-bond acceptors (Lipinski definition) is 3. The third kappa shape index (κ3) is 2.46. The predicted octanol–water partition coefficient (Wildman–Crippen LogP) is 3.37. The number of hydrogen-bond donors (Lipinski definition) is 2. The van der Waals surface area contributed by atoms with Gasteiger partial charge in [0.2, 0.25) is 0 Å². The molecule has 0 aliphatic rings. The van der Waals surface area contributed by atoms with Crippen LogP contribution in [0.1, 0.15) is 16.5 Å². The Balaban J connectivity index is 2.11. The second-order valence-corrected chi connectivity index (χ2v) is 6.99. The van der Waals surface area contributed by atoms with Crippen LogP contribution in [0.4, 0.5) is 0 Å². The molecule has 2 N–H and O–H groups in total. The maximum Gasteiger partial charge on any atom is 0.314 e. The third-order valence-electron chi connectivity index (χ3n) is 2.92. The van der Waals surface area contributed by atoms with E-state index in [9.17, 15) is 9.59 Å². The highest BCUT2D eigenvalue weighted by Crippen LogP contribution is 2.34. The quantitative estimate of drug-likeness (QED) is 0.536. The van der Waals surface area contributed by atoms with Gasteiger partial charge in [0.15, 0.2) is 0 Å². The Hall–Kier alpha value is -1.37. The van der Waals surface area contributed by atoms with Crippen molar-refractivity contribution in [2.75, 3.05) is 0 Å². The Morgan fingerprint density at radius 3 is 2.40 bits per heavy atom. The van der Waals surface area contributed by atoms with Crippen LogP contribution < -0.4 is 11.1 Å². The van der Waals surface area contributed by atoms with Crippen molar-refractivity contribution >= 4 is 49.9 Å². The highest BCUT2D eigenvalue weighted by atomic mass is 79.9. The molecule has 0 amide bonds. The van der Waals surface area contributed by atoms with Gasteiger partial charge >= 0.3 is 11.1 Å². The standard InChI is InChI=1S/C13H8BrClN2O2S/c14-10-4-7(5-20-10)11(15)6-1-2-8-9(3-6)17-13(19)12(18)16-8/h1-5,11H,(H,16,18)(H,17,19). The number of rotatable bonds is 2. The summed E-state index contributed by atoms with van der Waals surface area (Å²) in [5, 5.41) is 1.67. The molecular weight excluding hydrogens is 364 g/mol. The molecule has 1 aromatic carbocycles. The van der Waals surface area contributed by atoms with E-state index in [4.69, 9.17) is 11.6 Å². The molecule has 1 unspecified atom stereocenters. The van der Waals surface area contributed by atoms with E-state index in [0.29, 0.717) is 11.0 Å². The van der Waals surface area contributed by atoms with Crippen LogP contribution in [-0.4, -0.2) is 9.97 Å². The minimum atomic E-state index is -0.668. The molecule has 0 bridgehead atoms. The van der Waals surface area contributed by atoms with Gasteiger partial charge in [-0.25, -0.2) is 0 Å². The van der Waals surface area contributed by atoms with E-state index in [1.165, 1.54) is 0 Å². The highest BCUT2D eigenvalue weighted by molar-refractivity contribution is 9.11. The molecule has 20 heavy (non-hydrogen) atoms. The second kappa shape index (κ2) is 5.20. The van der Waals surface area contributed by atoms with E-state index in [2.05, 4.69) is 25.9 Å². The van der Waals surface area contributed by atoms with E-state index >= 15 is 0 Å². The summed E-state index contributed by atoms with van der Waals surface area (Å²) in [5.41, 5.74) is 1.65. The number of H-pyrrole nitrogens is 2. The van der Waals surface area contributed by atoms with Gasteiger partial charge in [-0.05, 0) is 50.6 Å². The number of nitrogens with one attached hydrogen (secondary N) is 2. The number of alkyl halides is 1. The largest absolute Gasteiger partial charge is 0.316 e. The van der Waals surface area contributed by atoms with Crippen LogP contribution in [0.2, 0.25) is 0 Å². The molecule has 0 spiro atoms. The first-order valence-corrected chi connectivity index (χ1v) is 7.80. The summed E-state index contributed by atoms with van der Waals surface area (Å²) in [6.45, 7) is 0. The molecule has 102 valence electrons. The van der Waals surface area contributed by atoms with Crippen LogP contribution in [0, 0.1) is 0 Å². The van der Waals surface area contributed by atoms with Crippen molar-refractivity contribution in [3.05, 3.63) is 65.3 Å².